The number of rotatable bonds is 8. The molecule has 0 unspecified atom stereocenters. The van der Waals surface area contributed by atoms with E-state index in [9.17, 15) is 0 Å². The van der Waals surface area contributed by atoms with Crippen LogP contribution in [0.4, 0.5) is 0 Å². The van der Waals surface area contributed by atoms with Crippen molar-refractivity contribution in [3.05, 3.63) is 60.2 Å². The summed E-state index contributed by atoms with van der Waals surface area (Å²) in [6.07, 6.45) is 0. The van der Waals surface area contributed by atoms with Crippen LogP contribution in [0.1, 0.15) is 5.56 Å². The lowest BCUT2D eigenvalue weighted by molar-refractivity contribution is 0.0214. The molecule has 0 aliphatic rings. The van der Waals surface area contributed by atoms with Crippen LogP contribution in [0.2, 0.25) is 0 Å². The van der Waals surface area contributed by atoms with Gasteiger partial charge < -0.3 is 9.47 Å². The fourth-order valence-corrected chi connectivity index (χ4v) is 1.72. The molecule has 1 N–H and O–H groups in total. The van der Waals surface area contributed by atoms with Gasteiger partial charge in [-0.25, -0.2) is 0 Å². The van der Waals surface area contributed by atoms with E-state index in [-0.39, 0.29) is 0 Å². The van der Waals surface area contributed by atoms with Crippen molar-refractivity contribution in [2.24, 2.45) is 0 Å². The summed E-state index contributed by atoms with van der Waals surface area (Å²) >= 11 is 0. The number of methoxy groups -OCH3 is 1. The predicted octanol–water partition coefficient (Wildman–Crippen LogP) is 2.80. The molecule has 0 atom stereocenters. The molecule has 0 amide bonds. The predicted molar refractivity (Wildman–Crippen MR) is 77.7 cm³/mol. The van der Waals surface area contributed by atoms with Gasteiger partial charge in [0.1, 0.15) is 6.61 Å². The Morgan fingerprint density at radius 3 is 2.35 bits per heavy atom. The first-order valence-corrected chi connectivity index (χ1v) is 6.54. The molecule has 0 fully saturated rings. The maximum Gasteiger partial charge on any atom is 0.161 e. The monoisotopic (exact) mass is 273 g/mol. The second kappa shape index (κ2) is 8.19. The van der Waals surface area contributed by atoms with E-state index >= 15 is 0 Å². The molecular formula is C16H19NO3. The van der Waals surface area contributed by atoms with Gasteiger partial charge in [0.25, 0.3) is 0 Å². The third-order valence-corrected chi connectivity index (χ3v) is 2.71. The number of hydrogen-bond acceptors (Lipinski definition) is 4. The van der Waals surface area contributed by atoms with Crippen molar-refractivity contribution in [2.75, 3.05) is 20.3 Å². The molecule has 4 nitrogen and oxygen atoms in total. The molecule has 4 heteroatoms. The number of nitrogens with one attached hydrogen (secondary N) is 1. The van der Waals surface area contributed by atoms with Gasteiger partial charge in [-0.15, -0.1) is 0 Å². The summed E-state index contributed by atoms with van der Waals surface area (Å²) in [7, 11) is 1.63. The first-order chi connectivity index (χ1) is 9.90. The Hall–Kier alpha value is -2.04. The number of hydroxylamine groups is 1. The molecule has 2 rings (SSSR count). The van der Waals surface area contributed by atoms with E-state index < -0.39 is 0 Å². The zero-order valence-corrected chi connectivity index (χ0v) is 11.5. The molecule has 0 heterocycles. The highest BCUT2D eigenvalue weighted by Gasteiger charge is 2.01. The van der Waals surface area contributed by atoms with Crippen molar-refractivity contribution in [2.45, 2.75) is 6.61 Å². The van der Waals surface area contributed by atoms with Crippen molar-refractivity contribution in [1.29, 1.82) is 0 Å². The molecule has 0 radical (unpaired) electrons. The average molecular weight is 273 g/mol. The first-order valence-electron chi connectivity index (χ1n) is 6.54. The smallest absolute Gasteiger partial charge is 0.161 e. The van der Waals surface area contributed by atoms with Crippen molar-refractivity contribution >= 4 is 0 Å². The standard InChI is InChI=1S/C16H19NO3/c1-18-15-9-5-6-10-16(15)19-12-11-17-20-13-14-7-3-2-4-8-14/h2-10,17H,11-13H2,1H3. The minimum Gasteiger partial charge on any atom is -0.493 e. The summed E-state index contributed by atoms with van der Waals surface area (Å²) in [5, 5.41) is 0. The van der Waals surface area contributed by atoms with Crippen LogP contribution in [0.15, 0.2) is 54.6 Å². The highest BCUT2D eigenvalue weighted by Crippen LogP contribution is 2.25. The molecule has 0 aliphatic carbocycles. The average Bonchev–Trinajstić information content (AvgIpc) is 2.52. The molecule has 2 aromatic carbocycles. The summed E-state index contributed by atoms with van der Waals surface area (Å²) < 4.78 is 10.8. The minimum absolute atomic E-state index is 0.509. The van der Waals surface area contributed by atoms with Gasteiger partial charge in [-0.3, -0.25) is 4.84 Å². The molecule has 0 saturated carbocycles. The largest absolute Gasteiger partial charge is 0.493 e. The van der Waals surface area contributed by atoms with E-state index in [0.717, 1.165) is 17.1 Å². The van der Waals surface area contributed by atoms with Gasteiger partial charge in [0.15, 0.2) is 11.5 Å². The molecule has 0 aromatic heterocycles. The minimum atomic E-state index is 0.509. The van der Waals surface area contributed by atoms with E-state index in [4.69, 9.17) is 14.3 Å². The number of ether oxygens (including phenoxy) is 2. The number of para-hydroxylation sites is 2. The molecule has 0 bridgehead atoms. The topological polar surface area (TPSA) is 39.7 Å². The van der Waals surface area contributed by atoms with Gasteiger partial charge >= 0.3 is 0 Å². The van der Waals surface area contributed by atoms with E-state index in [1.807, 2.05) is 54.6 Å². The third kappa shape index (κ3) is 4.57. The molecule has 0 aliphatic heterocycles. The molecule has 20 heavy (non-hydrogen) atoms. The van der Waals surface area contributed by atoms with Crippen molar-refractivity contribution in [3.8, 4) is 11.5 Å². The Balaban J connectivity index is 1.62. The van der Waals surface area contributed by atoms with Crippen LogP contribution >= 0.6 is 0 Å². The Kier molecular flexibility index (Phi) is 5.89. The third-order valence-electron chi connectivity index (χ3n) is 2.71. The van der Waals surface area contributed by atoms with Gasteiger partial charge in [0.2, 0.25) is 0 Å². The summed E-state index contributed by atoms with van der Waals surface area (Å²) in [5.41, 5.74) is 4.01. The molecule has 2 aromatic rings. The Labute approximate surface area is 119 Å². The maximum absolute atomic E-state index is 5.61. The second-order valence-corrected chi connectivity index (χ2v) is 4.17. The van der Waals surface area contributed by atoms with E-state index in [1.165, 1.54) is 0 Å². The summed E-state index contributed by atoms with van der Waals surface area (Å²) in [5.74, 6) is 1.47. The fraction of sp³-hybridized carbons (Fsp3) is 0.250. The van der Waals surface area contributed by atoms with Crippen molar-refractivity contribution in [3.63, 3.8) is 0 Å². The Bertz CT molecular complexity index is 502. The van der Waals surface area contributed by atoms with Crippen LogP contribution in [-0.4, -0.2) is 20.3 Å². The normalized spacial score (nSPS) is 10.2. The van der Waals surface area contributed by atoms with Crippen molar-refractivity contribution in [1.82, 2.24) is 5.48 Å². The van der Waals surface area contributed by atoms with Crippen LogP contribution < -0.4 is 15.0 Å². The Morgan fingerprint density at radius 2 is 1.60 bits per heavy atom. The van der Waals surface area contributed by atoms with E-state index in [0.29, 0.717) is 19.8 Å². The zero-order valence-electron chi connectivity index (χ0n) is 11.5. The SMILES string of the molecule is COc1ccccc1OCCNOCc1ccccc1. The van der Waals surface area contributed by atoms with Crippen LogP contribution in [-0.2, 0) is 11.4 Å². The molecular weight excluding hydrogens is 254 g/mol. The summed E-state index contributed by atoms with van der Waals surface area (Å²) in [6.45, 7) is 1.65. The van der Waals surface area contributed by atoms with Crippen LogP contribution in [0.3, 0.4) is 0 Å². The van der Waals surface area contributed by atoms with Gasteiger partial charge in [-0.2, -0.15) is 5.48 Å². The van der Waals surface area contributed by atoms with Crippen LogP contribution in [0.5, 0.6) is 11.5 Å². The molecule has 0 saturated heterocycles. The van der Waals surface area contributed by atoms with Gasteiger partial charge in [-0.1, -0.05) is 42.5 Å². The quantitative estimate of drug-likeness (QED) is 0.593. The Morgan fingerprint density at radius 1 is 0.900 bits per heavy atom. The highest BCUT2D eigenvalue weighted by molar-refractivity contribution is 5.39. The second-order valence-electron chi connectivity index (χ2n) is 4.17. The molecule has 0 spiro atoms. The summed E-state index contributed by atoms with van der Waals surface area (Å²) in [6, 6.07) is 17.6. The number of benzene rings is 2. The lowest BCUT2D eigenvalue weighted by Crippen LogP contribution is -2.21. The van der Waals surface area contributed by atoms with Gasteiger partial charge in [-0.05, 0) is 17.7 Å². The van der Waals surface area contributed by atoms with Crippen LogP contribution in [0.25, 0.3) is 0 Å². The van der Waals surface area contributed by atoms with Crippen molar-refractivity contribution < 1.29 is 14.3 Å². The zero-order chi connectivity index (χ0) is 14.0. The first kappa shape index (κ1) is 14.4. The molecule has 106 valence electrons. The lowest BCUT2D eigenvalue weighted by Gasteiger charge is -2.10. The van der Waals surface area contributed by atoms with Gasteiger partial charge in [0.05, 0.1) is 20.3 Å². The lowest BCUT2D eigenvalue weighted by atomic mass is 10.2. The highest BCUT2D eigenvalue weighted by atomic mass is 16.6. The van der Waals surface area contributed by atoms with Gasteiger partial charge in [0, 0.05) is 0 Å². The number of hydrogen-bond donors (Lipinski definition) is 1. The van der Waals surface area contributed by atoms with E-state index in [2.05, 4.69) is 5.48 Å². The van der Waals surface area contributed by atoms with Crippen LogP contribution in [0, 0.1) is 0 Å². The van der Waals surface area contributed by atoms with E-state index in [1.54, 1.807) is 7.11 Å². The fourth-order valence-electron chi connectivity index (χ4n) is 1.72. The maximum atomic E-state index is 5.61. The summed E-state index contributed by atoms with van der Waals surface area (Å²) in [4.78, 5) is 5.35.